The van der Waals surface area contributed by atoms with Crippen LogP contribution >= 0.6 is 0 Å². The highest BCUT2D eigenvalue weighted by Gasteiger charge is 2.54. The van der Waals surface area contributed by atoms with Crippen LogP contribution < -0.4 is 52.9 Å². The summed E-state index contributed by atoms with van der Waals surface area (Å²) < 4.78 is 21.8. The number of fused-ring (bicyclic) bond motifs is 10. The number of carboxylic acids is 2. The van der Waals surface area contributed by atoms with Crippen molar-refractivity contribution < 1.29 is 67.1 Å². The molecule has 28 nitrogen and oxygen atoms in total. The van der Waals surface area contributed by atoms with Gasteiger partial charge in [0.2, 0.25) is 0 Å². The fourth-order valence-corrected chi connectivity index (χ4v) is 11.7. The van der Waals surface area contributed by atoms with Gasteiger partial charge in [-0.05, 0) is 146 Å². The monoisotopic (exact) mass is 1100 g/mol. The van der Waals surface area contributed by atoms with Crippen LogP contribution in [0.3, 0.4) is 0 Å². The van der Waals surface area contributed by atoms with Crippen molar-refractivity contribution in [3.8, 4) is 11.5 Å². The molecule has 14 rings (SSSR count). The molecule has 0 spiro atoms. The summed E-state index contributed by atoms with van der Waals surface area (Å²) in [6.07, 6.45) is 7.61. The molecule has 0 atom stereocenters. The number of aromatic nitrogens is 6. The van der Waals surface area contributed by atoms with E-state index in [-0.39, 0.29) is 83.3 Å². The first-order valence-electron chi connectivity index (χ1n) is 25.8. The first-order valence-corrected chi connectivity index (χ1v) is 25.8. The zero-order valence-corrected chi connectivity index (χ0v) is 42.6. The highest BCUT2D eigenvalue weighted by Crippen LogP contribution is 2.58. The summed E-state index contributed by atoms with van der Waals surface area (Å²) in [4.78, 5) is 132. The summed E-state index contributed by atoms with van der Waals surface area (Å²) in [5, 5.41) is 43.0. The molecule has 4 bridgehead atoms. The van der Waals surface area contributed by atoms with E-state index < -0.39 is 57.9 Å². The van der Waals surface area contributed by atoms with Crippen molar-refractivity contribution in [3.63, 3.8) is 0 Å². The van der Waals surface area contributed by atoms with Crippen molar-refractivity contribution in [2.75, 3.05) is 36.9 Å². The molecule has 2 aromatic carbocycles. The summed E-state index contributed by atoms with van der Waals surface area (Å²) in [6.45, 7) is 0.656. The van der Waals surface area contributed by atoms with Crippen LogP contribution in [-0.2, 0) is 32.3 Å². The van der Waals surface area contributed by atoms with E-state index in [1.165, 1.54) is 12.1 Å². The van der Waals surface area contributed by atoms with Crippen LogP contribution in [0.15, 0.2) is 67.2 Å². The maximum atomic E-state index is 13.3. The minimum Gasteiger partial charge on any atom is -0.482 e. The third-order valence-electron chi connectivity index (χ3n) is 16.8. The zero-order chi connectivity index (χ0) is 56.1. The number of nitrogens with one attached hydrogen (secondary N) is 6. The quantitative estimate of drug-likeness (QED) is 0.0775. The molecule has 0 radical (unpaired) electrons. The summed E-state index contributed by atoms with van der Waals surface area (Å²) >= 11 is 0. The SMILES string of the molecule is O=C1COc2ccc(CNC(=O)c3cc(C(=O)NCC45CCC(C(=O)O)(CC4)CC5)n4c(=O)onc4n3)cc2N1.O=C1COc2ccc(CNC(=O)c3cc(C(=O)NCC45CCC(C(=O)O)(CC4)CC5)nc4noc(=O)n34)cc2N1. The predicted molar refractivity (Wildman–Crippen MR) is 272 cm³/mol. The van der Waals surface area contributed by atoms with Gasteiger partial charge in [0, 0.05) is 26.2 Å². The lowest BCUT2D eigenvalue weighted by molar-refractivity contribution is -0.159. The zero-order valence-electron chi connectivity index (χ0n) is 42.6. The Morgan fingerprint density at radius 2 is 0.887 bits per heavy atom. The molecule has 2 aliphatic heterocycles. The van der Waals surface area contributed by atoms with E-state index >= 15 is 0 Å². The summed E-state index contributed by atoms with van der Waals surface area (Å²) in [5.74, 6) is -5.80. The number of carboxylic acid groups (broad SMARTS) is 2. The maximum absolute atomic E-state index is 13.3. The van der Waals surface area contributed by atoms with Gasteiger partial charge in [-0.25, -0.2) is 28.4 Å². The van der Waals surface area contributed by atoms with Gasteiger partial charge in [-0.3, -0.25) is 47.4 Å². The number of hydrogen-bond acceptors (Lipinski definition) is 18. The number of ether oxygens (including phenoxy) is 2. The van der Waals surface area contributed by atoms with Gasteiger partial charge >= 0.3 is 23.5 Å². The Morgan fingerprint density at radius 3 is 1.30 bits per heavy atom. The van der Waals surface area contributed by atoms with Crippen LogP contribution in [0.5, 0.6) is 11.5 Å². The van der Waals surface area contributed by atoms with Crippen molar-refractivity contribution in [2.24, 2.45) is 21.7 Å². The van der Waals surface area contributed by atoms with Crippen LogP contribution in [0.1, 0.15) is 130 Å². The van der Waals surface area contributed by atoms with Gasteiger partial charge in [-0.1, -0.05) is 12.1 Å². The lowest BCUT2D eigenvalue weighted by Gasteiger charge is -2.51. The van der Waals surface area contributed by atoms with Crippen molar-refractivity contribution in [3.05, 3.63) is 104 Å². The molecular weight excluding hydrogens is 1050 g/mol. The van der Waals surface area contributed by atoms with Gasteiger partial charge in [0.1, 0.15) is 34.3 Å². The van der Waals surface area contributed by atoms with Crippen LogP contribution in [0.4, 0.5) is 11.4 Å². The Bertz CT molecular complexity index is 3680. The topological polar surface area (TPSA) is 388 Å². The predicted octanol–water partition coefficient (Wildman–Crippen LogP) is 2.20. The van der Waals surface area contributed by atoms with Crippen molar-refractivity contribution >= 4 is 70.3 Å². The minimum atomic E-state index is -0.932. The fraction of sp³-hybridized carbons (Fsp3) is 0.423. The maximum Gasteiger partial charge on any atom is 0.448 e. The van der Waals surface area contributed by atoms with Crippen molar-refractivity contribution in [1.82, 2.24) is 50.3 Å². The molecule has 8 aliphatic rings. The molecule has 6 saturated carbocycles. The lowest BCUT2D eigenvalue weighted by Crippen LogP contribution is -2.50. The average Bonchev–Trinajstić information content (AvgIpc) is 4.12. The van der Waals surface area contributed by atoms with E-state index in [1.807, 2.05) is 0 Å². The number of benzene rings is 2. The minimum absolute atomic E-state index is 0.0493. The Hall–Kier alpha value is -9.50. The number of anilines is 2. The summed E-state index contributed by atoms with van der Waals surface area (Å²) in [7, 11) is 0. The third-order valence-corrected chi connectivity index (χ3v) is 16.8. The second kappa shape index (κ2) is 20.4. The smallest absolute Gasteiger partial charge is 0.448 e. The number of carbonyl (C=O) groups is 8. The second-order valence-electron chi connectivity index (χ2n) is 21.5. The number of nitrogens with zero attached hydrogens (tertiary/aromatic N) is 6. The molecule has 6 amide bonds. The molecule has 0 unspecified atom stereocenters. The molecule has 416 valence electrons. The number of hydrogen-bond donors (Lipinski definition) is 8. The number of amides is 6. The van der Waals surface area contributed by atoms with Gasteiger partial charge in [-0.15, -0.1) is 0 Å². The number of rotatable bonds is 14. The van der Waals surface area contributed by atoms with E-state index in [0.29, 0.717) is 124 Å². The van der Waals surface area contributed by atoms with Gasteiger partial charge in [-0.2, -0.15) is 0 Å². The van der Waals surface area contributed by atoms with Crippen LogP contribution in [0, 0.1) is 21.7 Å². The first kappa shape index (κ1) is 52.5. The Labute approximate surface area is 450 Å². The molecule has 28 heteroatoms. The normalized spacial score (nSPS) is 23.1. The lowest BCUT2D eigenvalue weighted by atomic mass is 9.53. The van der Waals surface area contributed by atoms with E-state index in [1.54, 1.807) is 36.4 Å². The van der Waals surface area contributed by atoms with E-state index in [2.05, 4.69) is 61.2 Å². The largest absolute Gasteiger partial charge is 0.482 e. The van der Waals surface area contributed by atoms with Crippen molar-refractivity contribution in [1.29, 1.82) is 0 Å². The molecule has 6 aliphatic carbocycles. The third kappa shape index (κ3) is 10.0. The number of aliphatic carboxylic acids is 2. The molecule has 6 fully saturated rings. The average molecular weight is 1100 g/mol. The van der Waals surface area contributed by atoms with Gasteiger partial charge in [0.25, 0.3) is 47.0 Å². The Balaban J connectivity index is 0.000000169. The van der Waals surface area contributed by atoms with Crippen LogP contribution in [0.25, 0.3) is 11.6 Å². The summed E-state index contributed by atoms with van der Waals surface area (Å²) in [5.41, 5.74) is 0.00515. The summed E-state index contributed by atoms with van der Waals surface area (Å²) in [6, 6.07) is 12.6. The highest BCUT2D eigenvalue weighted by atomic mass is 16.5. The molecule has 80 heavy (non-hydrogen) atoms. The molecule has 6 heterocycles. The molecular formula is C52H52N12O16. The molecule has 8 N–H and O–H groups in total. The van der Waals surface area contributed by atoms with Crippen LogP contribution in [0.2, 0.25) is 0 Å². The number of carbonyl (C=O) groups excluding carboxylic acids is 6. The van der Waals surface area contributed by atoms with E-state index in [9.17, 15) is 58.2 Å². The highest BCUT2D eigenvalue weighted by molar-refractivity contribution is 6.00. The standard InChI is InChI=1S/2C26H26N6O8/c33-19-12-39-18-2-1-14(9-15(18)29-19)11-27-21(35)17-10-16(30-23-31-40-24(38)32(17)23)20(34)28-13-25-3-6-26(7-4-25,8-5-25)22(36)37;33-19-12-39-18-2-1-14(9-15(18)29-19)11-27-20(34)16-10-17(32-23(30-16)31-40-24(32)38)21(35)28-13-25-3-6-26(7-4-25,8-5-25)22(36)37/h1-2,9-10H,3-8,11-13H2,(H,27,35)(H,28,34)(H,29,33)(H,36,37);1-2,9-10H,3-8,11-13H2,(H,27,34)(H,28,35)(H,29,33)(H,36,37). The van der Waals surface area contributed by atoms with E-state index in [4.69, 9.17) is 9.47 Å². The van der Waals surface area contributed by atoms with Gasteiger partial charge < -0.3 is 51.6 Å². The Kier molecular flexibility index (Phi) is 13.4. The molecule has 6 aromatic rings. The van der Waals surface area contributed by atoms with E-state index in [0.717, 1.165) is 8.80 Å². The van der Waals surface area contributed by atoms with Gasteiger partial charge in [0.05, 0.1) is 22.2 Å². The Morgan fingerprint density at radius 1 is 0.512 bits per heavy atom. The first-order chi connectivity index (χ1) is 38.3. The fourth-order valence-electron chi connectivity index (χ4n) is 11.7. The van der Waals surface area contributed by atoms with Crippen LogP contribution in [-0.4, -0.2) is 113 Å². The second-order valence-corrected chi connectivity index (χ2v) is 21.5. The van der Waals surface area contributed by atoms with Gasteiger partial charge in [0.15, 0.2) is 13.2 Å². The molecule has 0 saturated heterocycles. The van der Waals surface area contributed by atoms with Crippen molar-refractivity contribution in [2.45, 2.75) is 90.1 Å². The molecule has 4 aromatic heterocycles.